The summed E-state index contributed by atoms with van der Waals surface area (Å²) in [5.41, 5.74) is 4.73. The van der Waals surface area contributed by atoms with E-state index in [-0.39, 0.29) is 6.42 Å². The van der Waals surface area contributed by atoms with Crippen LogP contribution < -0.4 is 10.7 Å². The van der Waals surface area contributed by atoms with Crippen LogP contribution in [0.1, 0.15) is 17.5 Å². The largest absolute Gasteiger partial charge is 0.325 e. The Balaban J connectivity index is 1.81. The van der Waals surface area contributed by atoms with Gasteiger partial charge < -0.3 is 5.32 Å². The van der Waals surface area contributed by atoms with Crippen LogP contribution in [-0.4, -0.2) is 18.0 Å². The van der Waals surface area contributed by atoms with Crippen LogP contribution in [0.15, 0.2) is 53.6 Å². The standard InChI is InChI=1S/C17H16ClN3O2/c1-12-4-2-3-5-15(12)20-16(22)10-17(23)21-19-11-13-6-8-14(18)9-7-13/h2-9,11H,10H2,1H3,(H,20,22)(H,21,23). The summed E-state index contributed by atoms with van der Waals surface area (Å²) in [6.07, 6.45) is 1.18. The first-order chi connectivity index (χ1) is 11.0. The zero-order chi connectivity index (χ0) is 16.7. The first-order valence-corrected chi connectivity index (χ1v) is 7.35. The molecule has 0 fully saturated rings. The average Bonchev–Trinajstić information content (AvgIpc) is 2.51. The number of amides is 2. The number of nitrogens with one attached hydrogen (secondary N) is 2. The Bertz CT molecular complexity index is 727. The number of halogens is 1. The van der Waals surface area contributed by atoms with Gasteiger partial charge in [-0.25, -0.2) is 5.43 Å². The molecular formula is C17H16ClN3O2. The number of anilines is 1. The van der Waals surface area contributed by atoms with Crippen molar-refractivity contribution < 1.29 is 9.59 Å². The lowest BCUT2D eigenvalue weighted by Gasteiger charge is -2.07. The Hall–Kier alpha value is -2.66. The molecule has 0 aliphatic carbocycles. The predicted molar refractivity (Wildman–Crippen MR) is 91.6 cm³/mol. The monoisotopic (exact) mass is 329 g/mol. The SMILES string of the molecule is Cc1ccccc1NC(=O)CC(=O)NN=Cc1ccc(Cl)cc1. The van der Waals surface area contributed by atoms with Crippen molar-refractivity contribution in [3.05, 3.63) is 64.7 Å². The molecule has 2 aromatic carbocycles. The third-order valence-electron chi connectivity index (χ3n) is 3.01. The molecule has 0 saturated heterocycles. The van der Waals surface area contributed by atoms with Crippen molar-refractivity contribution in [1.29, 1.82) is 0 Å². The van der Waals surface area contributed by atoms with Gasteiger partial charge in [-0.1, -0.05) is 41.9 Å². The van der Waals surface area contributed by atoms with Crippen molar-refractivity contribution in [2.45, 2.75) is 13.3 Å². The summed E-state index contributed by atoms with van der Waals surface area (Å²) in [5.74, 6) is -0.875. The highest BCUT2D eigenvalue weighted by Gasteiger charge is 2.09. The van der Waals surface area contributed by atoms with Crippen molar-refractivity contribution in [2.75, 3.05) is 5.32 Å². The summed E-state index contributed by atoms with van der Waals surface area (Å²) in [4.78, 5) is 23.5. The van der Waals surface area contributed by atoms with Gasteiger partial charge in [0.25, 0.3) is 0 Å². The topological polar surface area (TPSA) is 70.6 Å². The van der Waals surface area contributed by atoms with E-state index in [9.17, 15) is 9.59 Å². The number of hydrazone groups is 1. The highest BCUT2D eigenvalue weighted by Crippen LogP contribution is 2.13. The van der Waals surface area contributed by atoms with Crippen LogP contribution >= 0.6 is 11.6 Å². The van der Waals surface area contributed by atoms with Gasteiger partial charge >= 0.3 is 0 Å². The van der Waals surface area contributed by atoms with Gasteiger partial charge in [0.05, 0.1) is 6.21 Å². The number of carbonyl (C=O) groups excluding carboxylic acids is 2. The minimum absolute atomic E-state index is 0.299. The van der Waals surface area contributed by atoms with Gasteiger partial charge in [0, 0.05) is 10.7 Å². The Morgan fingerprint density at radius 1 is 1.09 bits per heavy atom. The zero-order valence-electron chi connectivity index (χ0n) is 12.5. The second kappa shape index (κ2) is 8.10. The molecular weight excluding hydrogens is 314 g/mol. The van der Waals surface area contributed by atoms with Crippen LogP contribution in [0.4, 0.5) is 5.69 Å². The first-order valence-electron chi connectivity index (χ1n) is 6.97. The van der Waals surface area contributed by atoms with E-state index in [1.54, 1.807) is 30.3 Å². The second-order valence-corrected chi connectivity index (χ2v) is 5.32. The third-order valence-corrected chi connectivity index (χ3v) is 3.27. The average molecular weight is 330 g/mol. The van der Waals surface area contributed by atoms with E-state index < -0.39 is 11.8 Å². The molecule has 5 nitrogen and oxygen atoms in total. The minimum atomic E-state index is -0.485. The van der Waals surface area contributed by atoms with Crippen molar-refractivity contribution in [2.24, 2.45) is 5.10 Å². The fourth-order valence-electron chi connectivity index (χ4n) is 1.82. The van der Waals surface area contributed by atoms with Gasteiger partial charge in [-0.15, -0.1) is 0 Å². The maximum Gasteiger partial charge on any atom is 0.249 e. The number of benzene rings is 2. The number of hydrogen-bond donors (Lipinski definition) is 2. The Morgan fingerprint density at radius 2 is 1.78 bits per heavy atom. The molecule has 2 amide bonds. The fourth-order valence-corrected chi connectivity index (χ4v) is 1.95. The molecule has 2 rings (SSSR count). The number of hydrogen-bond acceptors (Lipinski definition) is 3. The number of carbonyl (C=O) groups is 2. The summed E-state index contributed by atoms with van der Waals surface area (Å²) in [7, 11) is 0. The van der Waals surface area contributed by atoms with Crippen LogP contribution in [0, 0.1) is 6.92 Å². The lowest BCUT2D eigenvalue weighted by atomic mass is 10.2. The summed E-state index contributed by atoms with van der Waals surface area (Å²) >= 11 is 5.77. The molecule has 0 saturated carbocycles. The molecule has 2 aromatic rings. The molecule has 0 heterocycles. The molecule has 6 heteroatoms. The first kappa shape index (κ1) is 16.7. The van der Waals surface area contributed by atoms with Gasteiger partial charge in [0.1, 0.15) is 6.42 Å². The quantitative estimate of drug-likeness (QED) is 0.502. The van der Waals surface area contributed by atoms with Gasteiger partial charge in [-0.2, -0.15) is 5.10 Å². The molecule has 0 atom stereocenters. The fraction of sp³-hybridized carbons (Fsp3) is 0.118. The van der Waals surface area contributed by atoms with Gasteiger partial charge in [-0.05, 0) is 36.2 Å². The van der Waals surface area contributed by atoms with Crippen LogP contribution in [0.3, 0.4) is 0 Å². The number of aryl methyl sites for hydroxylation is 1. The van der Waals surface area contributed by atoms with E-state index in [1.165, 1.54) is 6.21 Å². The maximum atomic E-state index is 11.8. The molecule has 0 radical (unpaired) electrons. The molecule has 0 unspecified atom stereocenters. The highest BCUT2D eigenvalue weighted by atomic mass is 35.5. The Kier molecular flexibility index (Phi) is 5.88. The third kappa shape index (κ3) is 5.56. The summed E-state index contributed by atoms with van der Waals surface area (Å²) in [6, 6.07) is 14.3. The molecule has 0 spiro atoms. The smallest absolute Gasteiger partial charge is 0.249 e. The van der Waals surface area contributed by atoms with E-state index in [0.29, 0.717) is 10.7 Å². The van der Waals surface area contributed by atoms with Crippen molar-refractivity contribution in [1.82, 2.24) is 5.43 Å². The van der Waals surface area contributed by atoms with E-state index in [4.69, 9.17) is 11.6 Å². The second-order valence-electron chi connectivity index (χ2n) is 4.88. The van der Waals surface area contributed by atoms with E-state index in [2.05, 4.69) is 15.8 Å². The number of rotatable bonds is 5. The van der Waals surface area contributed by atoms with Gasteiger partial charge in [0.15, 0.2) is 0 Å². The molecule has 2 N–H and O–H groups in total. The van der Waals surface area contributed by atoms with Crippen LogP contribution in [0.2, 0.25) is 5.02 Å². The lowest BCUT2D eigenvalue weighted by molar-refractivity contribution is -0.126. The Morgan fingerprint density at radius 3 is 2.48 bits per heavy atom. The highest BCUT2D eigenvalue weighted by molar-refractivity contribution is 6.30. The van der Waals surface area contributed by atoms with Crippen LogP contribution in [0.25, 0.3) is 0 Å². The molecule has 0 aliphatic heterocycles. The van der Waals surface area contributed by atoms with Crippen molar-refractivity contribution >= 4 is 35.3 Å². The lowest BCUT2D eigenvalue weighted by Crippen LogP contribution is -2.24. The van der Waals surface area contributed by atoms with Gasteiger partial charge in [0.2, 0.25) is 11.8 Å². The van der Waals surface area contributed by atoms with Crippen molar-refractivity contribution in [3.8, 4) is 0 Å². The number of para-hydroxylation sites is 1. The summed E-state index contributed by atoms with van der Waals surface area (Å²) in [6.45, 7) is 1.88. The van der Waals surface area contributed by atoms with Crippen LogP contribution in [-0.2, 0) is 9.59 Å². The maximum absolute atomic E-state index is 11.8. The molecule has 118 valence electrons. The van der Waals surface area contributed by atoms with E-state index in [1.807, 2.05) is 25.1 Å². The normalized spacial score (nSPS) is 10.5. The molecule has 0 aliphatic rings. The van der Waals surface area contributed by atoms with Crippen molar-refractivity contribution in [3.63, 3.8) is 0 Å². The van der Waals surface area contributed by atoms with E-state index in [0.717, 1.165) is 11.1 Å². The Labute approximate surface area is 139 Å². The number of nitrogens with zero attached hydrogens (tertiary/aromatic N) is 1. The zero-order valence-corrected chi connectivity index (χ0v) is 13.3. The summed E-state index contributed by atoms with van der Waals surface area (Å²) < 4.78 is 0. The van der Waals surface area contributed by atoms with Crippen LogP contribution in [0.5, 0.6) is 0 Å². The molecule has 0 bridgehead atoms. The van der Waals surface area contributed by atoms with E-state index >= 15 is 0 Å². The minimum Gasteiger partial charge on any atom is -0.325 e. The predicted octanol–water partition coefficient (Wildman–Crippen LogP) is 3.13. The van der Waals surface area contributed by atoms with Gasteiger partial charge in [-0.3, -0.25) is 9.59 Å². The molecule has 23 heavy (non-hydrogen) atoms. The summed E-state index contributed by atoms with van der Waals surface area (Å²) in [5, 5.41) is 7.11. The molecule has 0 aromatic heterocycles.